The topological polar surface area (TPSA) is 70.6 Å². The zero-order valence-electron chi connectivity index (χ0n) is 13.8. The minimum absolute atomic E-state index is 0.0509. The van der Waals surface area contributed by atoms with E-state index in [0.29, 0.717) is 25.9 Å². The summed E-state index contributed by atoms with van der Waals surface area (Å²) in [5.74, 6) is 0.573. The van der Waals surface area contributed by atoms with Gasteiger partial charge in [0.05, 0.1) is 11.5 Å². The molecular formula is C16H25N3O3S. The molecule has 2 heterocycles. The SMILES string of the molecule is CN(CCc1ccncc1)C(=O)CCN(C)C1CCS(=O)(=O)C1. The Morgan fingerprint density at radius 2 is 1.96 bits per heavy atom. The lowest BCUT2D eigenvalue weighted by atomic mass is 10.2. The summed E-state index contributed by atoms with van der Waals surface area (Å²) < 4.78 is 23.0. The molecule has 1 aromatic heterocycles. The van der Waals surface area contributed by atoms with Gasteiger partial charge < -0.3 is 9.80 Å². The van der Waals surface area contributed by atoms with Crippen LogP contribution in [0.2, 0.25) is 0 Å². The second kappa shape index (κ2) is 7.88. The van der Waals surface area contributed by atoms with E-state index in [2.05, 4.69) is 4.98 Å². The summed E-state index contributed by atoms with van der Waals surface area (Å²) in [6.07, 6.45) is 5.40. The molecule has 1 saturated heterocycles. The second-order valence-corrected chi connectivity index (χ2v) is 8.44. The van der Waals surface area contributed by atoms with Gasteiger partial charge in [0.2, 0.25) is 5.91 Å². The van der Waals surface area contributed by atoms with E-state index in [9.17, 15) is 13.2 Å². The minimum atomic E-state index is -2.88. The number of aromatic nitrogens is 1. The average Bonchev–Trinajstić information content (AvgIpc) is 2.91. The smallest absolute Gasteiger partial charge is 0.223 e. The lowest BCUT2D eigenvalue weighted by Crippen LogP contribution is -2.37. The number of pyridine rings is 1. The van der Waals surface area contributed by atoms with E-state index in [1.54, 1.807) is 17.3 Å². The number of amides is 1. The first-order valence-corrected chi connectivity index (χ1v) is 9.73. The van der Waals surface area contributed by atoms with Gasteiger partial charge in [0.1, 0.15) is 0 Å². The van der Waals surface area contributed by atoms with E-state index in [4.69, 9.17) is 0 Å². The Kier molecular flexibility index (Phi) is 6.12. The third kappa shape index (κ3) is 5.58. The number of sulfone groups is 1. The molecule has 23 heavy (non-hydrogen) atoms. The number of hydrogen-bond acceptors (Lipinski definition) is 5. The van der Waals surface area contributed by atoms with Crippen molar-refractivity contribution in [1.82, 2.24) is 14.8 Å². The molecule has 1 fully saturated rings. The van der Waals surface area contributed by atoms with Crippen molar-refractivity contribution in [1.29, 1.82) is 0 Å². The predicted octanol–water partition coefficient (Wildman–Crippen LogP) is 0.592. The Morgan fingerprint density at radius 3 is 2.57 bits per heavy atom. The van der Waals surface area contributed by atoms with Crippen LogP contribution < -0.4 is 0 Å². The van der Waals surface area contributed by atoms with Gasteiger partial charge in [0, 0.05) is 45.0 Å². The normalized spacial score (nSPS) is 19.9. The molecule has 1 atom stereocenters. The number of nitrogens with zero attached hydrogens (tertiary/aromatic N) is 3. The number of rotatable bonds is 7. The maximum Gasteiger partial charge on any atom is 0.223 e. The van der Waals surface area contributed by atoms with Crippen LogP contribution in [0.15, 0.2) is 24.5 Å². The average molecular weight is 339 g/mol. The zero-order valence-corrected chi connectivity index (χ0v) is 14.6. The van der Waals surface area contributed by atoms with E-state index in [1.807, 2.05) is 31.1 Å². The summed E-state index contributed by atoms with van der Waals surface area (Å²) >= 11 is 0. The molecule has 0 aromatic carbocycles. The molecular weight excluding hydrogens is 314 g/mol. The maximum absolute atomic E-state index is 12.2. The molecule has 0 N–H and O–H groups in total. The van der Waals surface area contributed by atoms with Crippen LogP contribution in [0, 0.1) is 0 Å². The van der Waals surface area contributed by atoms with Crippen LogP contribution in [-0.2, 0) is 21.1 Å². The van der Waals surface area contributed by atoms with Crippen LogP contribution in [0.4, 0.5) is 0 Å². The van der Waals surface area contributed by atoms with Crippen molar-refractivity contribution in [3.8, 4) is 0 Å². The molecule has 2 rings (SSSR count). The van der Waals surface area contributed by atoms with Gasteiger partial charge in [-0.25, -0.2) is 8.42 Å². The fourth-order valence-electron chi connectivity index (χ4n) is 2.74. The summed E-state index contributed by atoms with van der Waals surface area (Å²) in [4.78, 5) is 19.9. The van der Waals surface area contributed by atoms with Gasteiger partial charge in [0.25, 0.3) is 0 Å². The van der Waals surface area contributed by atoms with Gasteiger partial charge in [-0.05, 0) is 37.6 Å². The standard InChI is InChI=1S/C16H25N3O3S/c1-18(15-7-12-23(21,22)13-15)11-6-16(20)19(2)10-5-14-3-8-17-9-4-14/h3-4,8-9,15H,5-7,10-13H2,1-2H3. The summed E-state index contributed by atoms with van der Waals surface area (Å²) in [6.45, 7) is 1.27. The van der Waals surface area contributed by atoms with Crippen LogP contribution in [0.3, 0.4) is 0 Å². The van der Waals surface area contributed by atoms with Gasteiger partial charge in [-0.3, -0.25) is 9.78 Å². The summed E-state index contributed by atoms with van der Waals surface area (Å²) in [6, 6.07) is 3.95. The molecule has 0 radical (unpaired) electrons. The first-order chi connectivity index (χ1) is 10.9. The first kappa shape index (κ1) is 17.9. The van der Waals surface area contributed by atoms with E-state index in [0.717, 1.165) is 12.0 Å². The van der Waals surface area contributed by atoms with Crippen molar-refractivity contribution in [2.24, 2.45) is 0 Å². The number of hydrogen-bond donors (Lipinski definition) is 0. The molecule has 6 nitrogen and oxygen atoms in total. The molecule has 1 aliphatic heterocycles. The van der Waals surface area contributed by atoms with Crippen LogP contribution >= 0.6 is 0 Å². The van der Waals surface area contributed by atoms with Crippen molar-refractivity contribution < 1.29 is 13.2 Å². The van der Waals surface area contributed by atoms with Crippen molar-refractivity contribution >= 4 is 15.7 Å². The fraction of sp³-hybridized carbons (Fsp3) is 0.625. The molecule has 0 spiro atoms. The van der Waals surface area contributed by atoms with Crippen LogP contribution in [0.5, 0.6) is 0 Å². The molecule has 1 unspecified atom stereocenters. The summed E-state index contributed by atoms with van der Waals surface area (Å²) in [7, 11) is 0.831. The highest BCUT2D eigenvalue weighted by Gasteiger charge is 2.30. The molecule has 7 heteroatoms. The Balaban J connectivity index is 1.71. The highest BCUT2D eigenvalue weighted by atomic mass is 32.2. The number of likely N-dealkylation sites (N-methyl/N-ethyl adjacent to an activating group) is 1. The maximum atomic E-state index is 12.2. The van der Waals surface area contributed by atoms with Crippen molar-refractivity contribution in [2.45, 2.75) is 25.3 Å². The second-order valence-electron chi connectivity index (χ2n) is 6.21. The Labute approximate surface area is 138 Å². The van der Waals surface area contributed by atoms with Crippen LogP contribution in [0.1, 0.15) is 18.4 Å². The van der Waals surface area contributed by atoms with E-state index >= 15 is 0 Å². The van der Waals surface area contributed by atoms with Crippen LogP contribution in [0.25, 0.3) is 0 Å². The number of carbonyl (C=O) groups excluding carboxylic acids is 1. The minimum Gasteiger partial charge on any atom is -0.345 e. The highest BCUT2D eigenvalue weighted by Crippen LogP contribution is 2.16. The lowest BCUT2D eigenvalue weighted by molar-refractivity contribution is -0.130. The molecule has 128 valence electrons. The van der Waals surface area contributed by atoms with E-state index in [1.165, 1.54) is 0 Å². The van der Waals surface area contributed by atoms with Gasteiger partial charge in [-0.1, -0.05) is 0 Å². The molecule has 1 aliphatic rings. The largest absolute Gasteiger partial charge is 0.345 e. The van der Waals surface area contributed by atoms with Crippen molar-refractivity contribution in [3.63, 3.8) is 0 Å². The van der Waals surface area contributed by atoms with Gasteiger partial charge in [0.15, 0.2) is 9.84 Å². The quantitative estimate of drug-likeness (QED) is 0.727. The summed E-state index contributed by atoms with van der Waals surface area (Å²) in [5, 5.41) is 0. The van der Waals surface area contributed by atoms with Crippen molar-refractivity contribution in [2.75, 3.05) is 38.7 Å². The Bertz CT molecular complexity index is 619. The molecule has 0 saturated carbocycles. The highest BCUT2D eigenvalue weighted by molar-refractivity contribution is 7.91. The molecule has 0 aliphatic carbocycles. The third-order valence-corrected chi connectivity index (χ3v) is 6.17. The lowest BCUT2D eigenvalue weighted by Gasteiger charge is -2.24. The van der Waals surface area contributed by atoms with Crippen molar-refractivity contribution in [3.05, 3.63) is 30.1 Å². The van der Waals surface area contributed by atoms with Gasteiger partial charge in [-0.2, -0.15) is 0 Å². The third-order valence-electron chi connectivity index (χ3n) is 4.42. The van der Waals surface area contributed by atoms with Crippen LogP contribution in [-0.4, -0.2) is 73.8 Å². The number of carbonyl (C=O) groups is 1. The van der Waals surface area contributed by atoms with E-state index < -0.39 is 9.84 Å². The zero-order chi connectivity index (χ0) is 16.9. The van der Waals surface area contributed by atoms with Gasteiger partial charge >= 0.3 is 0 Å². The molecule has 1 amide bonds. The van der Waals surface area contributed by atoms with Gasteiger partial charge in [-0.15, -0.1) is 0 Å². The monoisotopic (exact) mass is 339 g/mol. The fourth-order valence-corrected chi connectivity index (χ4v) is 4.54. The first-order valence-electron chi connectivity index (χ1n) is 7.91. The Morgan fingerprint density at radius 1 is 1.26 bits per heavy atom. The molecule has 0 bridgehead atoms. The molecule has 1 aromatic rings. The van der Waals surface area contributed by atoms with E-state index in [-0.39, 0.29) is 23.5 Å². The summed E-state index contributed by atoms with van der Waals surface area (Å²) in [5.41, 5.74) is 1.16. The Hall–Kier alpha value is -1.47. The predicted molar refractivity (Wildman–Crippen MR) is 89.9 cm³/mol.